The molecule has 0 saturated carbocycles. The van der Waals surface area contributed by atoms with Gasteiger partial charge in [0.05, 0.1) is 6.10 Å². The van der Waals surface area contributed by atoms with Gasteiger partial charge in [0.25, 0.3) is 0 Å². The third kappa shape index (κ3) is 4.29. The molecule has 0 heterocycles. The second-order valence-corrected chi connectivity index (χ2v) is 4.44. The number of benzene rings is 1. The SMILES string of the molecule is Cc1cc(F)ccc1CNC(C)CC(C)O. The first-order chi connectivity index (χ1) is 7.49. The van der Waals surface area contributed by atoms with E-state index in [-0.39, 0.29) is 18.0 Å². The van der Waals surface area contributed by atoms with Crippen LogP contribution in [0.1, 0.15) is 31.4 Å². The Morgan fingerprint density at radius 1 is 1.38 bits per heavy atom. The summed E-state index contributed by atoms with van der Waals surface area (Å²) in [5, 5.41) is 12.5. The quantitative estimate of drug-likeness (QED) is 0.806. The van der Waals surface area contributed by atoms with Crippen LogP contribution in [0.5, 0.6) is 0 Å². The van der Waals surface area contributed by atoms with Gasteiger partial charge >= 0.3 is 0 Å². The van der Waals surface area contributed by atoms with Crippen molar-refractivity contribution in [3.05, 3.63) is 35.1 Å². The van der Waals surface area contributed by atoms with E-state index < -0.39 is 0 Å². The average molecular weight is 225 g/mol. The third-order valence-electron chi connectivity index (χ3n) is 2.64. The van der Waals surface area contributed by atoms with Crippen LogP contribution >= 0.6 is 0 Å². The number of hydrogen-bond acceptors (Lipinski definition) is 2. The molecule has 0 aliphatic rings. The maximum atomic E-state index is 12.9. The van der Waals surface area contributed by atoms with E-state index in [1.807, 2.05) is 13.8 Å². The lowest BCUT2D eigenvalue weighted by Gasteiger charge is -2.16. The van der Waals surface area contributed by atoms with Crippen LogP contribution in [0, 0.1) is 12.7 Å². The molecule has 2 atom stereocenters. The van der Waals surface area contributed by atoms with Crippen molar-refractivity contribution in [2.45, 2.75) is 45.9 Å². The summed E-state index contributed by atoms with van der Waals surface area (Å²) in [4.78, 5) is 0. The molecule has 1 aromatic rings. The van der Waals surface area contributed by atoms with Gasteiger partial charge in [0.15, 0.2) is 0 Å². The topological polar surface area (TPSA) is 32.3 Å². The van der Waals surface area contributed by atoms with Crippen molar-refractivity contribution in [1.29, 1.82) is 0 Å². The Hall–Kier alpha value is -0.930. The van der Waals surface area contributed by atoms with Gasteiger partial charge in [0, 0.05) is 12.6 Å². The Kier molecular flexibility index (Phi) is 4.90. The van der Waals surface area contributed by atoms with Crippen molar-refractivity contribution < 1.29 is 9.50 Å². The lowest BCUT2D eigenvalue weighted by molar-refractivity contribution is 0.170. The van der Waals surface area contributed by atoms with Crippen LogP contribution in [-0.4, -0.2) is 17.3 Å². The fraction of sp³-hybridized carbons (Fsp3) is 0.538. The van der Waals surface area contributed by atoms with Crippen molar-refractivity contribution in [2.24, 2.45) is 0 Å². The van der Waals surface area contributed by atoms with Gasteiger partial charge in [-0.3, -0.25) is 0 Å². The summed E-state index contributed by atoms with van der Waals surface area (Å²) in [6.45, 7) is 6.42. The Bertz CT molecular complexity index is 339. The largest absolute Gasteiger partial charge is 0.393 e. The standard InChI is InChI=1S/C13H20FNO/c1-9-6-13(14)5-4-12(9)8-15-10(2)7-11(3)16/h4-6,10-11,15-16H,7-8H2,1-3H3. The van der Waals surface area contributed by atoms with Crippen LogP contribution in [0.15, 0.2) is 18.2 Å². The number of halogens is 1. The van der Waals surface area contributed by atoms with E-state index in [1.54, 1.807) is 13.0 Å². The van der Waals surface area contributed by atoms with Gasteiger partial charge in [-0.1, -0.05) is 6.07 Å². The van der Waals surface area contributed by atoms with Gasteiger partial charge in [-0.15, -0.1) is 0 Å². The number of rotatable bonds is 5. The van der Waals surface area contributed by atoms with Gasteiger partial charge in [0.1, 0.15) is 5.82 Å². The summed E-state index contributed by atoms with van der Waals surface area (Å²) >= 11 is 0. The van der Waals surface area contributed by atoms with Crippen molar-refractivity contribution in [2.75, 3.05) is 0 Å². The fourth-order valence-corrected chi connectivity index (χ4v) is 1.74. The second-order valence-electron chi connectivity index (χ2n) is 4.44. The molecule has 2 unspecified atom stereocenters. The predicted molar refractivity (Wildman–Crippen MR) is 63.7 cm³/mol. The first-order valence-electron chi connectivity index (χ1n) is 5.65. The van der Waals surface area contributed by atoms with E-state index in [2.05, 4.69) is 5.32 Å². The zero-order valence-electron chi connectivity index (χ0n) is 10.1. The maximum Gasteiger partial charge on any atom is 0.123 e. The summed E-state index contributed by atoms with van der Waals surface area (Å²) in [6.07, 6.45) is 0.428. The van der Waals surface area contributed by atoms with Gasteiger partial charge < -0.3 is 10.4 Å². The number of hydrogen-bond donors (Lipinski definition) is 2. The Balaban J connectivity index is 2.48. The normalized spacial score (nSPS) is 14.8. The first kappa shape index (κ1) is 13.1. The summed E-state index contributed by atoms with van der Waals surface area (Å²) in [7, 11) is 0. The number of aliphatic hydroxyl groups is 1. The van der Waals surface area contributed by atoms with Crippen LogP contribution in [-0.2, 0) is 6.54 Å². The molecule has 90 valence electrons. The summed E-state index contributed by atoms with van der Waals surface area (Å²) in [5.74, 6) is -0.196. The summed E-state index contributed by atoms with van der Waals surface area (Å²) < 4.78 is 12.9. The molecule has 3 heteroatoms. The van der Waals surface area contributed by atoms with E-state index in [9.17, 15) is 9.50 Å². The fourth-order valence-electron chi connectivity index (χ4n) is 1.74. The second kappa shape index (κ2) is 5.97. The number of nitrogens with one attached hydrogen (secondary N) is 1. The Morgan fingerprint density at radius 2 is 2.06 bits per heavy atom. The van der Waals surface area contributed by atoms with Gasteiger partial charge in [0.2, 0.25) is 0 Å². The van der Waals surface area contributed by atoms with Crippen molar-refractivity contribution in [1.82, 2.24) is 5.32 Å². The minimum atomic E-state index is -0.295. The van der Waals surface area contributed by atoms with Crippen LogP contribution in [0.25, 0.3) is 0 Å². The molecule has 1 aromatic carbocycles. The van der Waals surface area contributed by atoms with E-state index >= 15 is 0 Å². The molecule has 0 aliphatic heterocycles. The van der Waals surface area contributed by atoms with Gasteiger partial charge in [-0.2, -0.15) is 0 Å². The van der Waals surface area contributed by atoms with E-state index in [1.165, 1.54) is 12.1 Å². The highest BCUT2D eigenvalue weighted by Crippen LogP contribution is 2.10. The van der Waals surface area contributed by atoms with Crippen molar-refractivity contribution in [3.63, 3.8) is 0 Å². The van der Waals surface area contributed by atoms with Gasteiger partial charge in [-0.05, 0) is 50.5 Å². The molecule has 2 N–H and O–H groups in total. The number of aliphatic hydroxyl groups excluding tert-OH is 1. The van der Waals surface area contributed by atoms with Crippen LogP contribution in [0.3, 0.4) is 0 Å². The molecular weight excluding hydrogens is 205 g/mol. The van der Waals surface area contributed by atoms with Crippen LogP contribution in [0.4, 0.5) is 4.39 Å². The minimum absolute atomic E-state index is 0.196. The Morgan fingerprint density at radius 3 is 2.62 bits per heavy atom. The van der Waals surface area contributed by atoms with Gasteiger partial charge in [-0.25, -0.2) is 4.39 Å². The predicted octanol–water partition coefficient (Wildman–Crippen LogP) is 2.38. The first-order valence-corrected chi connectivity index (χ1v) is 5.65. The smallest absolute Gasteiger partial charge is 0.123 e. The number of aryl methyl sites for hydroxylation is 1. The highest BCUT2D eigenvalue weighted by Gasteiger charge is 2.06. The summed E-state index contributed by atoms with van der Waals surface area (Å²) in [6, 6.07) is 5.07. The molecule has 0 fully saturated rings. The molecule has 0 amide bonds. The molecule has 0 saturated heterocycles. The molecule has 0 aliphatic carbocycles. The van der Waals surface area contributed by atoms with Crippen molar-refractivity contribution >= 4 is 0 Å². The van der Waals surface area contributed by atoms with Crippen LogP contribution < -0.4 is 5.32 Å². The van der Waals surface area contributed by atoms with E-state index in [4.69, 9.17) is 0 Å². The molecule has 16 heavy (non-hydrogen) atoms. The Labute approximate surface area is 96.5 Å². The van der Waals surface area contributed by atoms with E-state index in [0.29, 0.717) is 6.54 Å². The van der Waals surface area contributed by atoms with Crippen molar-refractivity contribution in [3.8, 4) is 0 Å². The molecule has 1 rings (SSSR count). The summed E-state index contributed by atoms with van der Waals surface area (Å²) in [5.41, 5.74) is 2.05. The average Bonchev–Trinajstić information content (AvgIpc) is 2.15. The molecule has 0 aromatic heterocycles. The highest BCUT2D eigenvalue weighted by atomic mass is 19.1. The maximum absolute atomic E-state index is 12.9. The molecular formula is C13H20FNO. The lowest BCUT2D eigenvalue weighted by atomic mass is 10.1. The van der Waals surface area contributed by atoms with Crippen LogP contribution in [0.2, 0.25) is 0 Å². The lowest BCUT2D eigenvalue weighted by Crippen LogP contribution is -2.28. The monoisotopic (exact) mass is 225 g/mol. The molecule has 0 bridgehead atoms. The molecule has 0 spiro atoms. The molecule has 2 nitrogen and oxygen atoms in total. The van der Waals surface area contributed by atoms with E-state index in [0.717, 1.165) is 17.5 Å². The zero-order chi connectivity index (χ0) is 12.1. The minimum Gasteiger partial charge on any atom is -0.393 e. The molecule has 0 radical (unpaired) electrons. The zero-order valence-corrected chi connectivity index (χ0v) is 10.1. The highest BCUT2D eigenvalue weighted by molar-refractivity contribution is 5.26. The third-order valence-corrected chi connectivity index (χ3v) is 2.64.